The fourth-order valence-corrected chi connectivity index (χ4v) is 3.98. The lowest BCUT2D eigenvalue weighted by atomic mass is 9.95. The molecule has 2 aliphatic rings. The van der Waals surface area contributed by atoms with Crippen LogP contribution in [-0.4, -0.2) is 11.7 Å². The van der Waals surface area contributed by atoms with Crippen LogP contribution < -0.4 is 5.32 Å². The highest BCUT2D eigenvalue weighted by Gasteiger charge is 2.64. The van der Waals surface area contributed by atoms with E-state index in [0.717, 1.165) is 30.6 Å². The summed E-state index contributed by atoms with van der Waals surface area (Å²) in [6.07, 6.45) is 0.713. The lowest BCUT2D eigenvalue weighted by Gasteiger charge is -2.30. The summed E-state index contributed by atoms with van der Waals surface area (Å²) in [4.78, 5) is 1.06. The van der Waals surface area contributed by atoms with Crippen LogP contribution in [0.4, 0.5) is 13.2 Å². The van der Waals surface area contributed by atoms with Crippen molar-refractivity contribution in [2.45, 2.75) is 56.3 Å². The summed E-state index contributed by atoms with van der Waals surface area (Å²) in [5.74, 6) is 0.360. The van der Waals surface area contributed by atoms with Gasteiger partial charge in [0, 0.05) is 10.9 Å². The monoisotopic (exact) mass is 289 g/mol. The zero-order valence-corrected chi connectivity index (χ0v) is 11.5. The highest BCUT2D eigenvalue weighted by molar-refractivity contribution is 7.10. The largest absolute Gasteiger partial charge is 0.406 e. The highest BCUT2D eigenvalue weighted by Crippen LogP contribution is 2.52. The standard InChI is InChI=1S/C14H18F3NS/c15-14(16,17)13(7-8-13)18-12(10-4-1-2-5-10)11-6-3-9-19-11/h3,6,9-10,12,18H,1-2,4-5,7-8H2. The fourth-order valence-electron chi connectivity index (χ4n) is 3.11. The topological polar surface area (TPSA) is 12.0 Å². The molecule has 19 heavy (non-hydrogen) atoms. The number of hydrogen-bond donors (Lipinski definition) is 1. The maximum atomic E-state index is 13.1. The Kier molecular flexibility index (Phi) is 3.38. The maximum absolute atomic E-state index is 13.1. The molecule has 0 bridgehead atoms. The van der Waals surface area contributed by atoms with Crippen molar-refractivity contribution in [3.05, 3.63) is 22.4 Å². The zero-order valence-electron chi connectivity index (χ0n) is 10.7. The van der Waals surface area contributed by atoms with Gasteiger partial charge in [0.15, 0.2) is 0 Å². The number of thiophene rings is 1. The van der Waals surface area contributed by atoms with Gasteiger partial charge in [0.1, 0.15) is 5.54 Å². The first-order chi connectivity index (χ1) is 9.02. The van der Waals surface area contributed by atoms with E-state index in [-0.39, 0.29) is 18.9 Å². The van der Waals surface area contributed by atoms with E-state index >= 15 is 0 Å². The molecular weight excluding hydrogens is 271 g/mol. The first kappa shape index (κ1) is 13.4. The average Bonchev–Trinajstić information content (AvgIpc) is 2.85. The third kappa shape index (κ3) is 2.55. The van der Waals surface area contributed by atoms with Crippen LogP contribution in [0.3, 0.4) is 0 Å². The first-order valence-corrected chi connectivity index (χ1v) is 7.78. The van der Waals surface area contributed by atoms with Crippen molar-refractivity contribution in [1.29, 1.82) is 0 Å². The summed E-state index contributed by atoms with van der Waals surface area (Å²) in [6.45, 7) is 0. The van der Waals surface area contributed by atoms with Crippen LogP contribution in [0.25, 0.3) is 0 Å². The number of nitrogens with one attached hydrogen (secondary N) is 1. The van der Waals surface area contributed by atoms with Crippen molar-refractivity contribution in [1.82, 2.24) is 5.32 Å². The number of rotatable bonds is 4. The van der Waals surface area contributed by atoms with Crippen molar-refractivity contribution in [3.8, 4) is 0 Å². The van der Waals surface area contributed by atoms with Crippen LogP contribution >= 0.6 is 11.3 Å². The molecule has 0 saturated heterocycles. The molecular formula is C14H18F3NS. The molecule has 0 radical (unpaired) electrons. The predicted molar refractivity (Wildman–Crippen MR) is 70.2 cm³/mol. The van der Waals surface area contributed by atoms with E-state index < -0.39 is 11.7 Å². The quantitative estimate of drug-likeness (QED) is 0.849. The maximum Gasteiger partial charge on any atom is 0.406 e. The number of halogens is 3. The smallest absolute Gasteiger partial charge is 0.296 e. The SMILES string of the molecule is FC(F)(F)C1(NC(c2cccs2)C2CCCC2)CC1. The third-order valence-corrected chi connectivity index (χ3v) is 5.40. The number of alkyl halides is 3. The molecule has 1 aromatic rings. The molecule has 1 heterocycles. The van der Waals surface area contributed by atoms with E-state index in [0.29, 0.717) is 5.92 Å². The van der Waals surface area contributed by atoms with E-state index in [4.69, 9.17) is 0 Å². The summed E-state index contributed by atoms with van der Waals surface area (Å²) in [7, 11) is 0. The summed E-state index contributed by atoms with van der Waals surface area (Å²) in [6, 6.07) is 3.77. The van der Waals surface area contributed by atoms with Crippen LogP contribution in [-0.2, 0) is 0 Å². The molecule has 1 aromatic heterocycles. The normalized spacial score (nSPS) is 24.6. The van der Waals surface area contributed by atoms with E-state index in [1.807, 2.05) is 17.5 Å². The molecule has 1 N–H and O–H groups in total. The van der Waals surface area contributed by atoms with Gasteiger partial charge in [-0.2, -0.15) is 13.2 Å². The molecule has 2 saturated carbocycles. The first-order valence-electron chi connectivity index (χ1n) is 6.90. The lowest BCUT2D eigenvalue weighted by Crippen LogP contribution is -2.47. The molecule has 2 fully saturated rings. The molecule has 1 nitrogen and oxygen atoms in total. The van der Waals surface area contributed by atoms with Gasteiger partial charge in [0.05, 0.1) is 0 Å². The summed E-state index contributed by atoms with van der Waals surface area (Å²) in [5, 5.41) is 4.92. The molecule has 1 atom stereocenters. The van der Waals surface area contributed by atoms with Crippen LogP contribution in [0.2, 0.25) is 0 Å². The average molecular weight is 289 g/mol. The predicted octanol–water partition coefficient (Wildman–Crippen LogP) is 4.66. The van der Waals surface area contributed by atoms with Crippen LogP contribution in [0, 0.1) is 5.92 Å². The number of hydrogen-bond acceptors (Lipinski definition) is 2. The Hall–Kier alpha value is -0.550. The molecule has 3 rings (SSSR count). The molecule has 0 amide bonds. The van der Waals surface area contributed by atoms with Crippen LogP contribution in [0.5, 0.6) is 0 Å². The van der Waals surface area contributed by atoms with Gasteiger partial charge in [-0.05, 0) is 43.0 Å². The van der Waals surface area contributed by atoms with Gasteiger partial charge in [-0.1, -0.05) is 18.9 Å². The van der Waals surface area contributed by atoms with E-state index in [1.54, 1.807) is 11.3 Å². The van der Waals surface area contributed by atoms with Gasteiger partial charge in [-0.15, -0.1) is 11.3 Å². The Labute approximate surface area is 115 Å². The van der Waals surface area contributed by atoms with Crippen molar-refractivity contribution in [3.63, 3.8) is 0 Å². The van der Waals surface area contributed by atoms with Crippen molar-refractivity contribution in [2.75, 3.05) is 0 Å². The van der Waals surface area contributed by atoms with Crippen LogP contribution in [0.15, 0.2) is 17.5 Å². The van der Waals surface area contributed by atoms with Gasteiger partial charge in [-0.25, -0.2) is 0 Å². The van der Waals surface area contributed by atoms with Crippen molar-refractivity contribution in [2.24, 2.45) is 5.92 Å². The van der Waals surface area contributed by atoms with Gasteiger partial charge >= 0.3 is 6.18 Å². The van der Waals surface area contributed by atoms with E-state index in [2.05, 4.69) is 5.32 Å². The van der Waals surface area contributed by atoms with E-state index in [1.165, 1.54) is 0 Å². The Morgan fingerprint density at radius 2 is 1.95 bits per heavy atom. The summed E-state index contributed by atoms with van der Waals surface area (Å²) in [5.41, 5.74) is -1.61. The molecule has 2 aliphatic carbocycles. The van der Waals surface area contributed by atoms with Crippen molar-refractivity contribution < 1.29 is 13.2 Å². The molecule has 0 spiro atoms. The molecule has 1 unspecified atom stereocenters. The second-order valence-corrected chi connectivity index (χ2v) is 6.74. The van der Waals surface area contributed by atoms with Crippen LogP contribution in [0.1, 0.15) is 49.4 Å². The van der Waals surface area contributed by atoms with Gasteiger partial charge in [0.2, 0.25) is 0 Å². The van der Waals surface area contributed by atoms with Crippen molar-refractivity contribution >= 4 is 11.3 Å². The minimum Gasteiger partial charge on any atom is -0.296 e. The second-order valence-electron chi connectivity index (χ2n) is 5.76. The second kappa shape index (κ2) is 4.77. The molecule has 106 valence electrons. The van der Waals surface area contributed by atoms with Gasteiger partial charge in [-0.3, -0.25) is 5.32 Å². The molecule has 0 aromatic carbocycles. The Balaban J connectivity index is 1.80. The Morgan fingerprint density at radius 3 is 2.42 bits per heavy atom. The molecule has 5 heteroatoms. The highest BCUT2D eigenvalue weighted by atomic mass is 32.1. The minimum absolute atomic E-state index is 0.119. The third-order valence-electron chi connectivity index (χ3n) is 4.45. The molecule has 0 aliphatic heterocycles. The van der Waals surface area contributed by atoms with Gasteiger partial charge < -0.3 is 0 Å². The fraction of sp³-hybridized carbons (Fsp3) is 0.714. The minimum atomic E-state index is -4.12. The summed E-state index contributed by atoms with van der Waals surface area (Å²) < 4.78 is 39.4. The Bertz CT molecular complexity index is 416. The zero-order chi connectivity index (χ0) is 13.5. The van der Waals surface area contributed by atoms with Gasteiger partial charge in [0.25, 0.3) is 0 Å². The Morgan fingerprint density at radius 1 is 1.26 bits per heavy atom. The summed E-state index contributed by atoms with van der Waals surface area (Å²) >= 11 is 1.57. The van der Waals surface area contributed by atoms with E-state index in [9.17, 15) is 13.2 Å². The lowest BCUT2D eigenvalue weighted by molar-refractivity contribution is -0.169.